The Balaban J connectivity index is 2.31. The van der Waals surface area contributed by atoms with Crippen molar-refractivity contribution in [3.8, 4) is 22.7 Å². The van der Waals surface area contributed by atoms with Crippen LogP contribution in [0, 0.1) is 10.1 Å². The zero-order valence-electron chi connectivity index (χ0n) is 15.8. The summed E-state index contributed by atoms with van der Waals surface area (Å²) in [7, 11) is 3.35. The zero-order valence-corrected chi connectivity index (χ0v) is 15.8. The van der Waals surface area contributed by atoms with Gasteiger partial charge in [-0.25, -0.2) is 0 Å². The quantitative estimate of drug-likeness (QED) is 0.481. The van der Waals surface area contributed by atoms with E-state index in [0.717, 1.165) is 10.2 Å². The van der Waals surface area contributed by atoms with E-state index in [9.17, 15) is 14.9 Å². The molecule has 0 unspecified atom stereocenters. The molecule has 0 saturated heterocycles. The lowest BCUT2D eigenvalue weighted by Crippen LogP contribution is -2.30. The van der Waals surface area contributed by atoms with Crippen molar-refractivity contribution in [1.82, 2.24) is 9.78 Å². The van der Waals surface area contributed by atoms with E-state index in [1.165, 1.54) is 12.1 Å². The first-order chi connectivity index (χ1) is 13.5. The summed E-state index contributed by atoms with van der Waals surface area (Å²) in [4.78, 5) is 25.8. The predicted molar refractivity (Wildman–Crippen MR) is 107 cm³/mol. The lowest BCUT2D eigenvalue weighted by atomic mass is 10.1. The van der Waals surface area contributed by atoms with Gasteiger partial charge in [-0.1, -0.05) is 24.3 Å². The molecule has 0 amide bonds. The summed E-state index contributed by atoms with van der Waals surface area (Å²) in [5, 5.41) is 15.9. The second kappa shape index (κ2) is 7.91. The first kappa shape index (κ1) is 19.1. The first-order valence-electron chi connectivity index (χ1n) is 8.70. The topological polar surface area (TPSA) is 90.5 Å². The Morgan fingerprint density at radius 2 is 1.93 bits per heavy atom. The van der Waals surface area contributed by atoms with Gasteiger partial charge < -0.3 is 9.64 Å². The van der Waals surface area contributed by atoms with Gasteiger partial charge in [0.15, 0.2) is 0 Å². The highest BCUT2D eigenvalue weighted by molar-refractivity contribution is 5.66. The Morgan fingerprint density at radius 3 is 2.61 bits per heavy atom. The number of ether oxygens (including phenoxy) is 1. The van der Waals surface area contributed by atoms with Gasteiger partial charge >= 0.3 is 0 Å². The molecule has 8 heteroatoms. The standard InChI is InChI=1S/C20H20N4O4/c1-4-22(2)19-13-16(14-8-7-9-15(12-14)28-3)21-23(20(19)25)17-10-5-6-11-18(17)24(26)27/h5-13H,4H2,1-3H3. The van der Waals surface area contributed by atoms with E-state index < -0.39 is 10.5 Å². The van der Waals surface area contributed by atoms with E-state index in [1.807, 2.05) is 19.1 Å². The van der Waals surface area contributed by atoms with Crippen LogP contribution in [-0.4, -0.2) is 35.4 Å². The fourth-order valence-corrected chi connectivity index (χ4v) is 2.81. The lowest BCUT2D eigenvalue weighted by molar-refractivity contribution is -0.384. The smallest absolute Gasteiger partial charge is 0.295 e. The van der Waals surface area contributed by atoms with Crippen molar-refractivity contribution in [2.75, 3.05) is 25.6 Å². The van der Waals surface area contributed by atoms with Gasteiger partial charge in [-0.2, -0.15) is 9.78 Å². The van der Waals surface area contributed by atoms with Crippen LogP contribution in [0.4, 0.5) is 11.4 Å². The number of hydrogen-bond acceptors (Lipinski definition) is 6. The molecule has 8 nitrogen and oxygen atoms in total. The van der Waals surface area contributed by atoms with Gasteiger partial charge in [-0.3, -0.25) is 14.9 Å². The third-order valence-electron chi connectivity index (χ3n) is 4.45. The Kier molecular flexibility index (Phi) is 5.39. The maximum Gasteiger partial charge on any atom is 0.295 e. The Morgan fingerprint density at radius 1 is 1.18 bits per heavy atom. The zero-order chi connectivity index (χ0) is 20.3. The molecule has 28 heavy (non-hydrogen) atoms. The molecule has 3 rings (SSSR count). The van der Waals surface area contributed by atoms with Gasteiger partial charge in [0.1, 0.15) is 17.1 Å². The van der Waals surface area contributed by atoms with Gasteiger partial charge in [-0.05, 0) is 31.2 Å². The first-order valence-corrected chi connectivity index (χ1v) is 8.70. The van der Waals surface area contributed by atoms with E-state index in [-0.39, 0.29) is 11.4 Å². The average molecular weight is 380 g/mol. The molecule has 0 aliphatic heterocycles. The van der Waals surface area contributed by atoms with Crippen LogP contribution in [0.1, 0.15) is 6.92 Å². The van der Waals surface area contributed by atoms with Crippen molar-refractivity contribution in [3.05, 3.63) is 75.1 Å². The summed E-state index contributed by atoms with van der Waals surface area (Å²) in [5.41, 5.74) is 1.14. The van der Waals surface area contributed by atoms with E-state index >= 15 is 0 Å². The Labute approximate surface area is 161 Å². The largest absolute Gasteiger partial charge is 0.497 e. The molecule has 0 atom stereocenters. The second-order valence-corrected chi connectivity index (χ2v) is 6.12. The monoisotopic (exact) mass is 380 g/mol. The molecule has 2 aromatic carbocycles. The summed E-state index contributed by atoms with van der Waals surface area (Å²) in [6, 6.07) is 15.0. The van der Waals surface area contributed by atoms with Crippen molar-refractivity contribution in [2.24, 2.45) is 0 Å². The maximum atomic E-state index is 13.1. The molecule has 1 heterocycles. The summed E-state index contributed by atoms with van der Waals surface area (Å²) >= 11 is 0. The van der Waals surface area contributed by atoms with E-state index in [1.54, 1.807) is 49.4 Å². The van der Waals surface area contributed by atoms with Crippen LogP contribution >= 0.6 is 0 Å². The fraction of sp³-hybridized carbons (Fsp3) is 0.200. The summed E-state index contributed by atoms with van der Waals surface area (Å²) in [6.07, 6.45) is 0. The van der Waals surface area contributed by atoms with Gasteiger partial charge in [0.25, 0.3) is 11.2 Å². The van der Waals surface area contributed by atoms with Gasteiger partial charge in [-0.15, -0.1) is 0 Å². The Hall–Kier alpha value is -3.68. The van der Waals surface area contributed by atoms with Crippen LogP contribution in [0.15, 0.2) is 59.4 Å². The number of methoxy groups -OCH3 is 1. The minimum absolute atomic E-state index is 0.119. The molecule has 3 aromatic rings. The SMILES string of the molecule is CCN(C)c1cc(-c2cccc(OC)c2)nn(-c2ccccc2[N+](=O)[O-])c1=O. The van der Waals surface area contributed by atoms with Gasteiger partial charge in [0.05, 0.1) is 17.7 Å². The second-order valence-electron chi connectivity index (χ2n) is 6.12. The van der Waals surface area contributed by atoms with Crippen LogP contribution in [0.3, 0.4) is 0 Å². The fourth-order valence-electron chi connectivity index (χ4n) is 2.81. The predicted octanol–water partition coefficient (Wildman–Crippen LogP) is 3.27. The normalized spacial score (nSPS) is 10.5. The molecule has 0 fully saturated rings. The van der Waals surface area contributed by atoms with Crippen LogP contribution in [0.2, 0.25) is 0 Å². The number of nitro groups is 1. The number of aromatic nitrogens is 2. The molecule has 0 N–H and O–H groups in total. The molecule has 0 bridgehead atoms. The van der Waals surface area contributed by atoms with Crippen LogP contribution in [0.25, 0.3) is 16.9 Å². The third kappa shape index (κ3) is 3.57. The number of rotatable bonds is 6. The lowest BCUT2D eigenvalue weighted by Gasteiger charge is -2.18. The van der Waals surface area contributed by atoms with Crippen molar-refractivity contribution < 1.29 is 9.66 Å². The number of anilines is 1. The number of nitro benzene ring substituents is 1. The molecule has 0 spiro atoms. The van der Waals surface area contributed by atoms with Gasteiger partial charge in [0, 0.05) is 25.2 Å². The third-order valence-corrected chi connectivity index (χ3v) is 4.45. The summed E-state index contributed by atoms with van der Waals surface area (Å²) in [5.74, 6) is 0.646. The van der Waals surface area contributed by atoms with Crippen LogP contribution < -0.4 is 15.2 Å². The number of nitrogens with zero attached hydrogens (tertiary/aromatic N) is 4. The summed E-state index contributed by atoms with van der Waals surface area (Å²) < 4.78 is 6.36. The highest BCUT2D eigenvalue weighted by Gasteiger charge is 2.20. The molecular weight excluding hydrogens is 360 g/mol. The van der Waals surface area contributed by atoms with Crippen LogP contribution in [-0.2, 0) is 0 Å². The van der Waals surface area contributed by atoms with Gasteiger partial charge in [0.2, 0.25) is 0 Å². The van der Waals surface area contributed by atoms with Crippen LogP contribution in [0.5, 0.6) is 5.75 Å². The maximum absolute atomic E-state index is 13.1. The molecule has 0 saturated carbocycles. The average Bonchev–Trinajstić information content (AvgIpc) is 2.73. The molecule has 1 aromatic heterocycles. The number of hydrogen-bond donors (Lipinski definition) is 0. The Bertz CT molecular complexity index is 1080. The molecule has 0 radical (unpaired) electrons. The van der Waals surface area contributed by atoms with Crippen molar-refractivity contribution in [1.29, 1.82) is 0 Å². The van der Waals surface area contributed by atoms with E-state index in [2.05, 4.69) is 5.10 Å². The van der Waals surface area contributed by atoms with E-state index in [4.69, 9.17) is 4.74 Å². The summed E-state index contributed by atoms with van der Waals surface area (Å²) in [6.45, 7) is 2.51. The van der Waals surface area contributed by atoms with Crippen molar-refractivity contribution >= 4 is 11.4 Å². The number of benzene rings is 2. The number of para-hydroxylation sites is 2. The minimum Gasteiger partial charge on any atom is -0.497 e. The molecule has 0 aliphatic rings. The molecular formula is C20H20N4O4. The molecule has 144 valence electrons. The highest BCUT2D eigenvalue weighted by Crippen LogP contribution is 2.26. The van der Waals surface area contributed by atoms with Crippen molar-refractivity contribution in [3.63, 3.8) is 0 Å². The van der Waals surface area contributed by atoms with E-state index in [0.29, 0.717) is 23.7 Å². The highest BCUT2D eigenvalue weighted by atomic mass is 16.6. The minimum atomic E-state index is -0.523. The van der Waals surface area contributed by atoms with Crippen molar-refractivity contribution in [2.45, 2.75) is 6.92 Å². The molecule has 0 aliphatic carbocycles.